The van der Waals surface area contributed by atoms with Gasteiger partial charge in [0.05, 0.1) is 6.26 Å². The van der Waals surface area contributed by atoms with Gasteiger partial charge in [0.2, 0.25) is 10.0 Å². The van der Waals surface area contributed by atoms with Crippen molar-refractivity contribution < 1.29 is 8.42 Å². The summed E-state index contributed by atoms with van der Waals surface area (Å²) in [5, 5.41) is 0. The highest BCUT2D eigenvalue weighted by Crippen LogP contribution is 2.49. The maximum atomic E-state index is 11.4. The Kier molecular flexibility index (Phi) is 3.77. The molecule has 2 fully saturated rings. The Morgan fingerprint density at radius 1 is 1.18 bits per heavy atom. The van der Waals surface area contributed by atoms with E-state index in [1.807, 2.05) is 0 Å². The summed E-state index contributed by atoms with van der Waals surface area (Å²) in [4.78, 5) is 2.39. The average Bonchev–Trinajstić information content (AvgIpc) is 2.98. The number of piperazine rings is 1. The van der Waals surface area contributed by atoms with Crippen molar-refractivity contribution in [3.05, 3.63) is 0 Å². The van der Waals surface area contributed by atoms with Crippen LogP contribution < -0.4 is 5.73 Å². The topological polar surface area (TPSA) is 66.6 Å². The smallest absolute Gasteiger partial charge is 0.211 e. The number of hydrogen-bond donors (Lipinski definition) is 1. The Labute approximate surface area is 104 Å². The standard InChI is InChI=1S/C11H23N3O2S/c1-17(15,16)14-8-6-13(7-9-14)10-11(2-3-11)4-5-12/h2-10,12H2,1H3. The van der Waals surface area contributed by atoms with Crippen molar-refractivity contribution in [3.8, 4) is 0 Å². The van der Waals surface area contributed by atoms with Crippen molar-refractivity contribution >= 4 is 10.0 Å². The van der Waals surface area contributed by atoms with Gasteiger partial charge in [-0.25, -0.2) is 8.42 Å². The highest BCUT2D eigenvalue weighted by atomic mass is 32.2. The van der Waals surface area contributed by atoms with Gasteiger partial charge in [-0.05, 0) is 31.2 Å². The van der Waals surface area contributed by atoms with Gasteiger partial charge in [-0.3, -0.25) is 0 Å². The van der Waals surface area contributed by atoms with Crippen LogP contribution in [-0.2, 0) is 10.0 Å². The van der Waals surface area contributed by atoms with E-state index in [9.17, 15) is 8.42 Å². The van der Waals surface area contributed by atoms with Gasteiger partial charge in [-0.15, -0.1) is 0 Å². The van der Waals surface area contributed by atoms with Crippen LogP contribution in [-0.4, -0.2) is 63.1 Å². The quantitative estimate of drug-likeness (QED) is 0.737. The van der Waals surface area contributed by atoms with Crippen LogP contribution in [0.1, 0.15) is 19.3 Å². The summed E-state index contributed by atoms with van der Waals surface area (Å²) in [5.74, 6) is 0. The molecule has 2 N–H and O–H groups in total. The molecule has 0 aromatic heterocycles. The van der Waals surface area contributed by atoms with E-state index in [1.165, 1.54) is 19.1 Å². The molecule has 0 atom stereocenters. The molecule has 1 heterocycles. The molecule has 17 heavy (non-hydrogen) atoms. The molecule has 0 bridgehead atoms. The molecule has 1 saturated carbocycles. The molecule has 0 aromatic rings. The molecule has 0 aromatic carbocycles. The third-order valence-electron chi connectivity index (χ3n) is 3.99. The van der Waals surface area contributed by atoms with Gasteiger partial charge in [0, 0.05) is 32.7 Å². The Morgan fingerprint density at radius 2 is 1.76 bits per heavy atom. The van der Waals surface area contributed by atoms with Gasteiger partial charge < -0.3 is 10.6 Å². The lowest BCUT2D eigenvalue weighted by Crippen LogP contribution is -2.49. The average molecular weight is 261 g/mol. The molecule has 1 aliphatic heterocycles. The molecule has 6 heteroatoms. The van der Waals surface area contributed by atoms with Crippen molar-refractivity contribution in [2.75, 3.05) is 45.5 Å². The second-order valence-corrected chi connectivity index (χ2v) is 7.46. The lowest BCUT2D eigenvalue weighted by Gasteiger charge is -2.35. The zero-order valence-electron chi connectivity index (χ0n) is 10.6. The summed E-state index contributed by atoms with van der Waals surface area (Å²) < 4.78 is 24.3. The molecule has 0 amide bonds. The Bertz CT molecular complexity index is 357. The van der Waals surface area contributed by atoms with Crippen LogP contribution in [0.3, 0.4) is 0 Å². The Balaban J connectivity index is 1.80. The number of nitrogens with two attached hydrogens (primary N) is 1. The van der Waals surface area contributed by atoms with Crippen molar-refractivity contribution in [1.82, 2.24) is 9.21 Å². The second kappa shape index (κ2) is 4.84. The predicted octanol–water partition coefficient (Wildman–Crippen LogP) is -0.307. The molecule has 5 nitrogen and oxygen atoms in total. The first kappa shape index (κ1) is 13.3. The van der Waals surface area contributed by atoms with E-state index in [0.717, 1.165) is 32.6 Å². The van der Waals surface area contributed by atoms with Crippen molar-refractivity contribution in [1.29, 1.82) is 0 Å². The summed E-state index contributed by atoms with van der Waals surface area (Å²) in [7, 11) is -3.00. The monoisotopic (exact) mass is 261 g/mol. The third-order valence-corrected chi connectivity index (χ3v) is 5.29. The van der Waals surface area contributed by atoms with Gasteiger partial charge in [0.15, 0.2) is 0 Å². The van der Waals surface area contributed by atoms with Crippen LogP contribution in [0.2, 0.25) is 0 Å². The van der Waals surface area contributed by atoms with Gasteiger partial charge in [-0.2, -0.15) is 4.31 Å². The van der Waals surface area contributed by atoms with E-state index < -0.39 is 10.0 Å². The highest BCUT2D eigenvalue weighted by molar-refractivity contribution is 7.88. The second-order valence-electron chi connectivity index (χ2n) is 5.48. The first-order valence-corrected chi connectivity index (χ1v) is 8.18. The number of sulfonamides is 1. The highest BCUT2D eigenvalue weighted by Gasteiger charge is 2.43. The fourth-order valence-corrected chi connectivity index (χ4v) is 3.49. The van der Waals surface area contributed by atoms with E-state index in [1.54, 1.807) is 4.31 Å². The number of rotatable bonds is 5. The molecule has 0 unspecified atom stereocenters. The maximum absolute atomic E-state index is 11.4. The number of nitrogens with zero attached hydrogens (tertiary/aromatic N) is 2. The summed E-state index contributed by atoms with van der Waals surface area (Å²) >= 11 is 0. The summed E-state index contributed by atoms with van der Waals surface area (Å²) in [6.07, 6.45) is 4.98. The minimum atomic E-state index is -3.00. The van der Waals surface area contributed by atoms with Crippen molar-refractivity contribution in [2.24, 2.45) is 11.1 Å². The molecular weight excluding hydrogens is 238 g/mol. The molecule has 100 valence electrons. The summed E-state index contributed by atoms with van der Waals surface area (Å²) in [6, 6.07) is 0. The molecule has 1 saturated heterocycles. The Hall–Kier alpha value is -0.170. The largest absolute Gasteiger partial charge is 0.330 e. The van der Waals surface area contributed by atoms with Crippen LogP contribution >= 0.6 is 0 Å². The fourth-order valence-electron chi connectivity index (χ4n) is 2.66. The van der Waals surface area contributed by atoms with Crippen LogP contribution in [0.15, 0.2) is 0 Å². The predicted molar refractivity (Wildman–Crippen MR) is 68.2 cm³/mol. The van der Waals surface area contributed by atoms with E-state index in [4.69, 9.17) is 5.73 Å². The minimum absolute atomic E-state index is 0.460. The molecule has 1 aliphatic carbocycles. The van der Waals surface area contributed by atoms with E-state index >= 15 is 0 Å². The van der Waals surface area contributed by atoms with E-state index in [2.05, 4.69) is 4.90 Å². The minimum Gasteiger partial charge on any atom is -0.330 e. The first-order chi connectivity index (χ1) is 7.95. The van der Waals surface area contributed by atoms with Crippen LogP contribution in [0, 0.1) is 5.41 Å². The first-order valence-electron chi connectivity index (χ1n) is 6.33. The maximum Gasteiger partial charge on any atom is 0.211 e. The molecular formula is C11H23N3O2S. The Morgan fingerprint density at radius 3 is 2.18 bits per heavy atom. The van der Waals surface area contributed by atoms with Gasteiger partial charge in [0.1, 0.15) is 0 Å². The van der Waals surface area contributed by atoms with E-state index in [-0.39, 0.29) is 0 Å². The summed E-state index contributed by atoms with van der Waals surface area (Å²) in [5.41, 5.74) is 6.09. The summed E-state index contributed by atoms with van der Waals surface area (Å²) in [6.45, 7) is 4.86. The molecule has 0 spiro atoms. The lowest BCUT2D eigenvalue weighted by molar-refractivity contribution is 0.155. The van der Waals surface area contributed by atoms with E-state index in [0.29, 0.717) is 18.5 Å². The zero-order chi connectivity index (χ0) is 12.5. The normalized spacial score (nSPS) is 26.0. The van der Waals surface area contributed by atoms with Gasteiger partial charge >= 0.3 is 0 Å². The van der Waals surface area contributed by atoms with Crippen LogP contribution in [0.25, 0.3) is 0 Å². The lowest BCUT2D eigenvalue weighted by atomic mass is 10.0. The van der Waals surface area contributed by atoms with Crippen molar-refractivity contribution in [2.45, 2.75) is 19.3 Å². The van der Waals surface area contributed by atoms with Crippen LogP contribution in [0.5, 0.6) is 0 Å². The molecule has 0 radical (unpaired) electrons. The third kappa shape index (κ3) is 3.40. The fraction of sp³-hybridized carbons (Fsp3) is 1.00. The van der Waals surface area contributed by atoms with Gasteiger partial charge in [0.25, 0.3) is 0 Å². The van der Waals surface area contributed by atoms with Crippen LogP contribution in [0.4, 0.5) is 0 Å². The van der Waals surface area contributed by atoms with Crippen molar-refractivity contribution in [3.63, 3.8) is 0 Å². The molecule has 2 rings (SSSR count). The number of hydrogen-bond acceptors (Lipinski definition) is 4. The van der Waals surface area contributed by atoms with Gasteiger partial charge in [-0.1, -0.05) is 0 Å². The molecule has 2 aliphatic rings. The zero-order valence-corrected chi connectivity index (χ0v) is 11.4. The SMILES string of the molecule is CS(=O)(=O)N1CCN(CC2(CCN)CC2)CC1.